The van der Waals surface area contributed by atoms with Gasteiger partial charge in [0.15, 0.2) is 0 Å². The maximum Gasteiger partial charge on any atom is 0.405 e. The van der Waals surface area contributed by atoms with Gasteiger partial charge in [0, 0.05) is 6.54 Å². The van der Waals surface area contributed by atoms with Gasteiger partial charge >= 0.3 is 19.7 Å². The van der Waals surface area contributed by atoms with Crippen LogP contribution in [-0.4, -0.2) is 44.8 Å². The Morgan fingerprint density at radius 1 is 1.07 bits per heavy atom. The van der Waals surface area contributed by atoms with E-state index in [2.05, 4.69) is 10.6 Å². The van der Waals surface area contributed by atoms with Gasteiger partial charge in [-0.2, -0.15) is 0 Å². The van der Waals surface area contributed by atoms with Gasteiger partial charge < -0.3 is 9.57 Å². The van der Waals surface area contributed by atoms with Gasteiger partial charge in [-0.15, -0.1) is 5.48 Å². The van der Waals surface area contributed by atoms with Crippen LogP contribution in [0.1, 0.15) is 43.5 Å². The van der Waals surface area contributed by atoms with Crippen molar-refractivity contribution in [3.8, 4) is 0 Å². The van der Waals surface area contributed by atoms with Crippen molar-refractivity contribution in [3.63, 3.8) is 0 Å². The zero-order valence-corrected chi connectivity index (χ0v) is 17.4. The molecule has 0 aromatic heterocycles. The molecule has 0 aliphatic heterocycles. The van der Waals surface area contributed by atoms with Crippen LogP contribution in [0.2, 0.25) is 0 Å². The summed E-state index contributed by atoms with van der Waals surface area (Å²) in [7, 11) is -2.03. The van der Waals surface area contributed by atoms with Crippen molar-refractivity contribution in [2.75, 3.05) is 26.9 Å². The fourth-order valence-electron chi connectivity index (χ4n) is 2.28. The Morgan fingerprint density at radius 2 is 1.71 bits per heavy atom. The molecule has 0 aliphatic carbocycles. The van der Waals surface area contributed by atoms with E-state index in [0.29, 0.717) is 31.4 Å². The van der Waals surface area contributed by atoms with Gasteiger partial charge in [0.1, 0.15) is 6.04 Å². The van der Waals surface area contributed by atoms with Crippen LogP contribution in [0.15, 0.2) is 30.3 Å². The standard InChI is InChI=1S/C18H29N2O7P/c1-4-25-28(23,26-5-2)19-14-10-9-13-16(18(22)24-3)20-27-17(21)15-11-7-6-8-12-15/h6-8,11-12,16,20H,4-5,9-10,13-14H2,1-3H3,(H,19,23). The number of carbonyl (C=O) groups excluding carboxylic acids is 2. The lowest BCUT2D eigenvalue weighted by molar-refractivity contribution is -0.146. The molecule has 1 aromatic carbocycles. The molecule has 28 heavy (non-hydrogen) atoms. The quantitative estimate of drug-likeness (QED) is 0.205. The average molecular weight is 416 g/mol. The summed E-state index contributed by atoms with van der Waals surface area (Å²) in [6.07, 6.45) is 1.55. The molecule has 1 atom stereocenters. The van der Waals surface area contributed by atoms with E-state index in [4.69, 9.17) is 18.6 Å². The van der Waals surface area contributed by atoms with Crippen LogP contribution in [0.25, 0.3) is 0 Å². The van der Waals surface area contributed by atoms with Gasteiger partial charge in [-0.05, 0) is 45.2 Å². The summed E-state index contributed by atoms with van der Waals surface area (Å²) >= 11 is 0. The van der Waals surface area contributed by atoms with E-state index < -0.39 is 25.7 Å². The van der Waals surface area contributed by atoms with Gasteiger partial charge in [0.2, 0.25) is 0 Å². The highest BCUT2D eigenvalue weighted by atomic mass is 31.2. The lowest BCUT2D eigenvalue weighted by Crippen LogP contribution is -2.39. The summed E-state index contributed by atoms with van der Waals surface area (Å²) in [5, 5.41) is 2.78. The first-order chi connectivity index (χ1) is 13.5. The molecule has 1 rings (SSSR count). The molecule has 0 radical (unpaired) electrons. The number of methoxy groups -OCH3 is 1. The second-order valence-corrected chi connectivity index (χ2v) is 7.51. The third-order valence-electron chi connectivity index (χ3n) is 3.61. The van der Waals surface area contributed by atoms with Crippen molar-refractivity contribution in [1.82, 2.24) is 10.6 Å². The Kier molecular flexibility index (Phi) is 11.6. The van der Waals surface area contributed by atoms with Crippen molar-refractivity contribution in [1.29, 1.82) is 0 Å². The van der Waals surface area contributed by atoms with Crippen molar-refractivity contribution < 1.29 is 32.8 Å². The van der Waals surface area contributed by atoms with Crippen LogP contribution in [0, 0.1) is 0 Å². The largest absolute Gasteiger partial charge is 0.468 e. The van der Waals surface area contributed by atoms with Crippen molar-refractivity contribution >= 4 is 19.7 Å². The molecule has 2 N–H and O–H groups in total. The number of rotatable bonds is 14. The lowest BCUT2D eigenvalue weighted by Gasteiger charge is -2.18. The van der Waals surface area contributed by atoms with E-state index in [1.54, 1.807) is 44.2 Å². The molecule has 10 heteroatoms. The highest BCUT2D eigenvalue weighted by Crippen LogP contribution is 2.43. The van der Waals surface area contributed by atoms with Crippen LogP contribution in [-0.2, 0) is 28.0 Å². The monoisotopic (exact) mass is 416 g/mol. The molecule has 0 heterocycles. The molecule has 1 aromatic rings. The Balaban J connectivity index is 2.42. The van der Waals surface area contributed by atoms with Gasteiger partial charge in [0.25, 0.3) is 0 Å². The zero-order chi connectivity index (χ0) is 20.8. The average Bonchev–Trinajstić information content (AvgIpc) is 2.70. The minimum Gasteiger partial charge on any atom is -0.468 e. The second-order valence-electron chi connectivity index (χ2n) is 5.69. The molecule has 0 amide bonds. The topological polar surface area (TPSA) is 112 Å². The third-order valence-corrected chi connectivity index (χ3v) is 5.42. The number of hydroxylamine groups is 1. The van der Waals surface area contributed by atoms with E-state index in [1.807, 2.05) is 0 Å². The van der Waals surface area contributed by atoms with Crippen LogP contribution in [0.3, 0.4) is 0 Å². The van der Waals surface area contributed by atoms with Gasteiger partial charge in [-0.3, -0.25) is 13.8 Å². The maximum absolute atomic E-state index is 12.3. The predicted octanol–water partition coefficient (Wildman–Crippen LogP) is 2.83. The normalized spacial score (nSPS) is 12.4. The molecular formula is C18H29N2O7P. The second kappa shape index (κ2) is 13.4. The minimum atomic E-state index is -3.29. The summed E-state index contributed by atoms with van der Waals surface area (Å²) in [5.41, 5.74) is 2.83. The summed E-state index contributed by atoms with van der Waals surface area (Å²) in [5.74, 6) is -1.13. The summed E-state index contributed by atoms with van der Waals surface area (Å²) in [4.78, 5) is 28.8. The van der Waals surface area contributed by atoms with Crippen LogP contribution < -0.4 is 10.6 Å². The van der Waals surface area contributed by atoms with Crippen molar-refractivity contribution in [2.24, 2.45) is 0 Å². The summed E-state index contributed by atoms with van der Waals surface area (Å²) in [6, 6.07) is 7.62. The fraction of sp³-hybridized carbons (Fsp3) is 0.556. The number of nitrogens with one attached hydrogen (secondary N) is 2. The highest BCUT2D eigenvalue weighted by molar-refractivity contribution is 7.51. The molecule has 0 aliphatic rings. The zero-order valence-electron chi connectivity index (χ0n) is 16.5. The molecule has 1 unspecified atom stereocenters. The number of benzene rings is 1. The summed E-state index contributed by atoms with van der Waals surface area (Å²) in [6.45, 7) is 4.39. The molecule has 0 saturated carbocycles. The third kappa shape index (κ3) is 8.95. The number of hydrogen-bond donors (Lipinski definition) is 2. The molecule has 0 spiro atoms. The first-order valence-corrected chi connectivity index (χ1v) is 10.7. The van der Waals surface area contributed by atoms with Crippen molar-refractivity contribution in [3.05, 3.63) is 35.9 Å². The van der Waals surface area contributed by atoms with Crippen LogP contribution in [0.5, 0.6) is 0 Å². The Labute approximate surface area is 165 Å². The number of unbranched alkanes of at least 4 members (excludes halogenated alkanes) is 1. The predicted molar refractivity (Wildman–Crippen MR) is 104 cm³/mol. The van der Waals surface area contributed by atoms with E-state index in [9.17, 15) is 14.2 Å². The molecule has 158 valence electrons. The van der Waals surface area contributed by atoms with Gasteiger partial charge in [-0.1, -0.05) is 18.2 Å². The first-order valence-electron chi connectivity index (χ1n) is 9.19. The first kappa shape index (κ1) is 24.3. The number of esters is 1. The van der Waals surface area contributed by atoms with Crippen molar-refractivity contribution in [2.45, 2.75) is 39.2 Å². The Morgan fingerprint density at radius 3 is 2.29 bits per heavy atom. The molecular weight excluding hydrogens is 387 g/mol. The molecule has 0 fully saturated rings. The van der Waals surface area contributed by atoms with Gasteiger partial charge in [0.05, 0.1) is 25.9 Å². The highest BCUT2D eigenvalue weighted by Gasteiger charge is 2.23. The number of carbonyl (C=O) groups is 2. The SMILES string of the molecule is CCOP(=O)(NCCCCC(NOC(=O)c1ccccc1)C(=O)OC)OCC. The van der Waals surface area contributed by atoms with Crippen LogP contribution in [0.4, 0.5) is 0 Å². The lowest BCUT2D eigenvalue weighted by atomic mass is 10.1. The molecule has 0 saturated heterocycles. The summed E-state index contributed by atoms with van der Waals surface area (Å²) < 4.78 is 27.3. The Hall–Kier alpha value is -1.77. The maximum atomic E-state index is 12.3. The fourth-order valence-corrected chi connectivity index (χ4v) is 3.65. The molecule has 9 nitrogen and oxygen atoms in total. The molecule has 0 bridgehead atoms. The smallest absolute Gasteiger partial charge is 0.405 e. The van der Waals surface area contributed by atoms with E-state index >= 15 is 0 Å². The van der Waals surface area contributed by atoms with E-state index in [1.165, 1.54) is 7.11 Å². The minimum absolute atomic E-state index is 0.269. The van der Waals surface area contributed by atoms with Gasteiger partial charge in [-0.25, -0.2) is 14.4 Å². The van der Waals surface area contributed by atoms with Crippen LogP contribution >= 0.6 is 7.75 Å². The number of ether oxygens (including phenoxy) is 1. The van der Waals surface area contributed by atoms with E-state index in [0.717, 1.165) is 0 Å². The Bertz CT molecular complexity index is 632. The van der Waals surface area contributed by atoms with E-state index in [-0.39, 0.29) is 13.2 Å². The number of hydrogen-bond acceptors (Lipinski definition) is 8.